The van der Waals surface area contributed by atoms with Gasteiger partial charge in [-0.1, -0.05) is 32.0 Å². The normalized spacial score (nSPS) is 14.7. The lowest BCUT2D eigenvalue weighted by molar-refractivity contribution is 0.117. The van der Waals surface area contributed by atoms with E-state index in [1.165, 1.54) is 12.8 Å². The average molecular weight is 436 g/mol. The van der Waals surface area contributed by atoms with E-state index in [9.17, 15) is 5.11 Å². The van der Waals surface area contributed by atoms with Crippen molar-refractivity contribution in [3.63, 3.8) is 0 Å². The summed E-state index contributed by atoms with van der Waals surface area (Å²) in [5, 5.41) is 15.1. The van der Waals surface area contributed by atoms with Gasteiger partial charge in [0.15, 0.2) is 0 Å². The molecule has 2 aromatic carbocycles. The summed E-state index contributed by atoms with van der Waals surface area (Å²) >= 11 is 0. The molecule has 1 aliphatic carbocycles. The van der Waals surface area contributed by atoms with Crippen LogP contribution in [0.2, 0.25) is 0 Å². The second kappa shape index (κ2) is 9.76. The largest absolute Gasteiger partial charge is 0.497 e. The number of hydrogen-bond donors (Lipinski definition) is 1. The molecule has 6 heteroatoms. The van der Waals surface area contributed by atoms with Crippen LogP contribution >= 0.6 is 0 Å². The van der Waals surface area contributed by atoms with E-state index in [4.69, 9.17) is 14.6 Å². The monoisotopic (exact) mass is 435 g/mol. The molecule has 0 aliphatic heterocycles. The van der Waals surface area contributed by atoms with Gasteiger partial charge in [0.2, 0.25) is 5.88 Å². The summed E-state index contributed by atoms with van der Waals surface area (Å²) in [6.07, 6.45) is 1.96. The Hall–Kier alpha value is -2.83. The summed E-state index contributed by atoms with van der Waals surface area (Å²) in [7, 11) is 1.66. The molecule has 1 atom stereocenters. The van der Waals surface area contributed by atoms with Gasteiger partial charge in [-0.15, -0.1) is 0 Å². The van der Waals surface area contributed by atoms with Crippen LogP contribution in [0.1, 0.15) is 50.8 Å². The average Bonchev–Trinajstić information content (AvgIpc) is 3.57. The molecule has 0 bridgehead atoms. The highest BCUT2D eigenvalue weighted by atomic mass is 16.5. The molecule has 0 amide bonds. The molecular formula is C26H33N3O3. The Morgan fingerprint density at radius 2 is 1.72 bits per heavy atom. The molecule has 1 saturated carbocycles. The summed E-state index contributed by atoms with van der Waals surface area (Å²) in [4.78, 5) is 2.36. The first-order chi connectivity index (χ1) is 15.5. The first-order valence-electron chi connectivity index (χ1n) is 11.4. The predicted octanol–water partition coefficient (Wildman–Crippen LogP) is 5.14. The zero-order chi connectivity index (χ0) is 22.7. The van der Waals surface area contributed by atoms with Crippen LogP contribution in [0.4, 0.5) is 0 Å². The van der Waals surface area contributed by atoms with Crippen molar-refractivity contribution in [1.29, 1.82) is 0 Å². The van der Waals surface area contributed by atoms with E-state index in [0.717, 1.165) is 34.3 Å². The SMILES string of the molecule is COc1ccc(-n2nc(C(C)C)c(CN(CC(C)O)C3CC3)c2Oc2ccccc2)cc1. The van der Waals surface area contributed by atoms with Crippen LogP contribution in [0.3, 0.4) is 0 Å². The highest BCUT2D eigenvalue weighted by Crippen LogP contribution is 2.37. The standard InChI is InChI=1S/C26H33N3O3/c1-18(2)25-24(17-28(16-19(3)30)20-10-11-20)26(32-23-8-6-5-7-9-23)29(27-25)21-12-14-22(31-4)15-13-21/h5-9,12-15,18-20,30H,10-11,16-17H2,1-4H3. The van der Waals surface area contributed by atoms with Crippen molar-refractivity contribution in [3.05, 3.63) is 65.9 Å². The molecule has 3 aromatic rings. The number of methoxy groups -OCH3 is 1. The van der Waals surface area contributed by atoms with Gasteiger partial charge >= 0.3 is 0 Å². The first-order valence-corrected chi connectivity index (χ1v) is 11.4. The lowest BCUT2D eigenvalue weighted by Crippen LogP contribution is -2.32. The van der Waals surface area contributed by atoms with Crippen molar-refractivity contribution >= 4 is 0 Å². The third kappa shape index (κ3) is 5.14. The Kier molecular flexibility index (Phi) is 6.82. The zero-order valence-corrected chi connectivity index (χ0v) is 19.4. The van der Waals surface area contributed by atoms with Gasteiger partial charge in [0, 0.05) is 19.1 Å². The van der Waals surface area contributed by atoms with Gasteiger partial charge in [-0.25, -0.2) is 4.68 Å². The molecule has 1 N–H and O–H groups in total. The highest BCUT2D eigenvalue weighted by Gasteiger charge is 2.33. The van der Waals surface area contributed by atoms with Crippen molar-refractivity contribution < 1.29 is 14.6 Å². The fourth-order valence-corrected chi connectivity index (χ4v) is 3.99. The number of aromatic nitrogens is 2. The van der Waals surface area contributed by atoms with Crippen molar-refractivity contribution in [2.24, 2.45) is 0 Å². The van der Waals surface area contributed by atoms with Crippen LogP contribution in [0, 0.1) is 0 Å². The third-order valence-corrected chi connectivity index (χ3v) is 5.71. The number of benzene rings is 2. The minimum Gasteiger partial charge on any atom is -0.497 e. The van der Waals surface area contributed by atoms with Crippen molar-refractivity contribution in [2.45, 2.75) is 58.2 Å². The van der Waals surface area contributed by atoms with Crippen LogP contribution < -0.4 is 9.47 Å². The third-order valence-electron chi connectivity index (χ3n) is 5.71. The van der Waals surface area contributed by atoms with Crippen molar-refractivity contribution in [1.82, 2.24) is 14.7 Å². The zero-order valence-electron chi connectivity index (χ0n) is 19.4. The molecule has 1 heterocycles. The maximum absolute atomic E-state index is 10.1. The maximum atomic E-state index is 10.1. The van der Waals surface area contributed by atoms with E-state index >= 15 is 0 Å². The fourth-order valence-electron chi connectivity index (χ4n) is 3.99. The number of ether oxygens (including phenoxy) is 2. The van der Waals surface area contributed by atoms with E-state index < -0.39 is 0 Å². The number of para-hydroxylation sites is 1. The molecule has 170 valence electrons. The molecule has 1 fully saturated rings. The number of rotatable bonds is 10. The van der Waals surface area contributed by atoms with Crippen LogP contribution in [0.25, 0.3) is 5.69 Å². The lowest BCUT2D eigenvalue weighted by atomic mass is 10.1. The minimum absolute atomic E-state index is 0.232. The van der Waals surface area contributed by atoms with Crippen LogP contribution in [-0.4, -0.2) is 45.6 Å². The second-order valence-corrected chi connectivity index (χ2v) is 8.86. The molecule has 0 radical (unpaired) electrons. The Balaban J connectivity index is 1.80. The number of nitrogens with zero attached hydrogens (tertiary/aromatic N) is 3. The summed E-state index contributed by atoms with van der Waals surface area (Å²) in [5.41, 5.74) is 3.01. The minimum atomic E-state index is -0.381. The highest BCUT2D eigenvalue weighted by molar-refractivity contribution is 5.46. The number of aliphatic hydroxyl groups excluding tert-OH is 1. The molecule has 1 aromatic heterocycles. The van der Waals surface area contributed by atoms with Crippen molar-refractivity contribution in [2.75, 3.05) is 13.7 Å². The fraction of sp³-hybridized carbons (Fsp3) is 0.423. The van der Waals surface area contributed by atoms with E-state index in [2.05, 4.69) is 18.7 Å². The summed E-state index contributed by atoms with van der Waals surface area (Å²) in [6, 6.07) is 18.2. The van der Waals surface area contributed by atoms with Crippen LogP contribution in [0.5, 0.6) is 17.4 Å². The summed E-state index contributed by atoms with van der Waals surface area (Å²) < 4.78 is 13.7. The second-order valence-electron chi connectivity index (χ2n) is 8.86. The van der Waals surface area contributed by atoms with Gasteiger partial charge in [-0.3, -0.25) is 4.90 Å². The van der Waals surface area contributed by atoms with Gasteiger partial charge in [0.05, 0.1) is 30.2 Å². The molecule has 6 nitrogen and oxygen atoms in total. The Bertz CT molecular complexity index is 1010. The number of aliphatic hydroxyl groups is 1. The van der Waals surface area contributed by atoms with Crippen LogP contribution in [-0.2, 0) is 6.54 Å². The molecular weight excluding hydrogens is 402 g/mol. The molecule has 32 heavy (non-hydrogen) atoms. The van der Waals surface area contributed by atoms with Gasteiger partial charge in [-0.05, 0) is 62.1 Å². The molecule has 0 saturated heterocycles. The number of hydrogen-bond acceptors (Lipinski definition) is 5. The maximum Gasteiger partial charge on any atom is 0.227 e. The first kappa shape index (κ1) is 22.4. The van der Waals surface area contributed by atoms with E-state index in [1.54, 1.807) is 7.11 Å². The summed E-state index contributed by atoms with van der Waals surface area (Å²) in [6.45, 7) is 7.50. The van der Waals surface area contributed by atoms with Gasteiger partial charge in [0.25, 0.3) is 0 Å². The van der Waals surface area contributed by atoms with E-state index in [1.807, 2.05) is 66.2 Å². The van der Waals surface area contributed by atoms with Gasteiger partial charge in [0.1, 0.15) is 11.5 Å². The molecule has 4 rings (SSSR count). The van der Waals surface area contributed by atoms with Gasteiger partial charge < -0.3 is 14.6 Å². The van der Waals surface area contributed by atoms with E-state index in [-0.39, 0.29) is 12.0 Å². The van der Waals surface area contributed by atoms with Gasteiger partial charge in [-0.2, -0.15) is 5.10 Å². The molecule has 0 spiro atoms. The predicted molar refractivity (Wildman–Crippen MR) is 126 cm³/mol. The Morgan fingerprint density at radius 3 is 2.28 bits per heavy atom. The molecule has 1 aliphatic rings. The molecule has 1 unspecified atom stereocenters. The summed E-state index contributed by atoms with van der Waals surface area (Å²) in [5.74, 6) is 2.52. The van der Waals surface area contributed by atoms with Crippen molar-refractivity contribution in [3.8, 4) is 23.1 Å². The topological polar surface area (TPSA) is 59.8 Å². The Labute approximate surface area is 190 Å². The van der Waals surface area contributed by atoms with Crippen LogP contribution in [0.15, 0.2) is 54.6 Å². The Morgan fingerprint density at radius 1 is 1.03 bits per heavy atom. The quantitative estimate of drug-likeness (QED) is 0.478. The smallest absolute Gasteiger partial charge is 0.227 e. The lowest BCUT2D eigenvalue weighted by Gasteiger charge is -2.24. The van der Waals surface area contributed by atoms with E-state index in [0.29, 0.717) is 19.1 Å².